The van der Waals surface area contributed by atoms with Crippen molar-refractivity contribution in [3.05, 3.63) is 0 Å². The average Bonchev–Trinajstić information content (AvgIpc) is 2.34. The van der Waals surface area contributed by atoms with Gasteiger partial charge in [-0.25, -0.2) is 0 Å². The third-order valence-corrected chi connectivity index (χ3v) is 6.18. The van der Waals surface area contributed by atoms with Gasteiger partial charge in [-0.2, -0.15) is 0 Å². The molecule has 0 fully saturated rings. The molecule has 0 saturated heterocycles. The van der Waals surface area contributed by atoms with E-state index >= 15 is 0 Å². The van der Waals surface area contributed by atoms with Gasteiger partial charge in [-0.1, -0.05) is 43.2 Å². The van der Waals surface area contributed by atoms with E-state index in [0.717, 1.165) is 0 Å². The van der Waals surface area contributed by atoms with Gasteiger partial charge in [0.05, 0.1) is 0 Å². The summed E-state index contributed by atoms with van der Waals surface area (Å²) in [6.45, 7) is -0.363. The summed E-state index contributed by atoms with van der Waals surface area (Å²) in [6, 6.07) is 0. The summed E-state index contributed by atoms with van der Waals surface area (Å²) in [5.74, 6) is 0. The van der Waals surface area contributed by atoms with E-state index in [1.54, 1.807) is 0 Å². The zero-order chi connectivity index (χ0) is 22.2. The van der Waals surface area contributed by atoms with Crippen LogP contribution in [0.2, 0.25) is 0 Å². The largest absolute Gasteiger partial charge is 1.00 e. The van der Waals surface area contributed by atoms with Gasteiger partial charge in [0, 0.05) is 25.1 Å². The van der Waals surface area contributed by atoms with Gasteiger partial charge >= 0.3 is 308 Å². The zero-order valence-corrected chi connectivity index (χ0v) is 43.0. The van der Waals surface area contributed by atoms with E-state index in [2.05, 4.69) is 0 Å². The quantitative estimate of drug-likeness (QED) is 0.0866. The molecule has 0 saturated carbocycles. The Morgan fingerprint density at radius 3 is 0.706 bits per heavy atom. The fourth-order valence-corrected chi connectivity index (χ4v) is 5.62. The molecule has 0 aromatic carbocycles. The third-order valence-electron chi connectivity index (χ3n) is 3.19. The SMILES string of the molecule is O=P([O-])([O-])CN(CCCCCCN(CP(=O)([O-])[O-])CP(=O)([O-])[O-])CP(=O)([O-])[O-].[K+].[K+].[K+].[K+].[K+].[K+]. The minimum Gasteiger partial charge on any atom is -0.810 e. The second-order valence-corrected chi connectivity index (χ2v) is 12.2. The molecule has 34 heavy (non-hydrogen) atoms. The molecule has 0 rings (SSSR count). The van der Waals surface area contributed by atoms with Crippen molar-refractivity contribution >= 4 is 30.4 Å². The van der Waals surface area contributed by atoms with E-state index in [0.29, 0.717) is 22.6 Å². The van der Waals surface area contributed by atoms with E-state index in [9.17, 15) is 57.4 Å². The Kier molecular flexibility index (Phi) is 53.9. The van der Waals surface area contributed by atoms with Gasteiger partial charge < -0.3 is 57.4 Å². The van der Waals surface area contributed by atoms with Crippen LogP contribution in [-0.4, -0.2) is 48.0 Å². The Hall–Kier alpha value is 10.3. The molecule has 0 atom stereocenters. The summed E-state index contributed by atoms with van der Waals surface area (Å²) >= 11 is 0. The average molecular weight is 719 g/mol. The van der Waals surface area contributed by atoms with E-state index < -0.39 is 55.5 Å². The van der Waals surface area contributed by atoms with Crippen molar-refractivity contribution in [2.45, 2.75) is 25.7 Å². The first-order chi connectivity index (χ1) is 12.4. The maximum Gasteiger partial charge on any atom is 1.00 e. The van der Waals surface area contributed by atoms with Crippen LogP contribution >= 0.6 is 30.4 Å². The van der Waals surface area contributed by atoms with Crippen LogP contribution < -0.4 is 347 Å². The van der Waals surface area contributed by atoms with Gasteiger partial charge in [0.2, 0.25) is 0 Å². The molecule has 0 radical (unpaired) electrons. The topological polar surface area (TPSA) is 259 Å². The van der Waals surface area contributed by atoms with Crippen molar-refractivity contribution in [3.8, 4) is 0 Å². The molecule has 0 amide bonds. The van der Waals surface area contributed by atoms with Crippen molar-refractivity contribution < 1.29 is 366 Å². The Morgan fingerprint density at radius 1 is 0.382 bits per heavy atom. The van der Waals surface area contributed by atoms with E-state index in [1.165, 1.54) is 0 Å². The first-order valence-electron chi connectivity index (χ1n) is 7.85. The smallest absolute Gasteiger partial charge is 0.810 e. The minimum absolute atomic E-state index is 0. The normalized spacial score (nSPS) is 11.7. The Morgan fingerprint density at radius 2 is 0.559 bits per heavy atom. The van der Waals surface area contributed by atoms with Crippen LogP contribution in [-0.2, 0) is 18.3 Å². The van der Waals surface area contributed by atoms with Crippen LogP contribution in [0.1, 0.15) is 25.7 Å². The molecular weight excluding hydrogens is 699 g/mol. The van der Waals surface area contributed by atoms with Gasteiger partial charge in [-0.05, 0) is 25.9 Å². The second-order valence-electron chi connectivity index (χ2n) is 6.21. The molecule has 24 heteroatoms. The van der Waals surface area contributed by atoms with Crippen molar-refractivity contribution in [1.82, 2.24) is 9.80 Å². The van der Waals surface area contributed by atoms with Crippen molar-refractivity contribution in [2.75, 3.05) is 38.2 Å². The Labute approximate surface area is 455 Å². The fraction of sp³-hybridized carbons (Fsp3) is 1.00. The summed E-state index contributed by atoms with van der Waals surface area (Å²) in [7, 11) is -20.3. The van der Waals surface area contributed by atoms with Crippen LogP contribution in [0, 0.1) is 0 Å². The number of hydrogen-bond donors (Lipinski definition) is 0. The van der Waals surface area contributed by atoms with E-state index in [1.807, 2.05) is 0 Å². The van der Waals surface area contributed by atoms with Crippen molar-refractivity contribution in [1.29, 1.82) is 0 Å². The second kappa shape index (κ2) is 30.7. The zero-order valence-electron chi connectivity index (χ0n) is 20.7. The van der Waals surface area contributed by atoms with Gasteiger partial charge in [-0.15, -0.1) is 0 Å². The monoisotopic (exact) mass is 718 g/mol. The van der Waals surface area contributed by atoms with Crippen molar-refractivity contribution in [2.24, 2.45) is 0 Å². The molecule has 0 aromatic rings. The van der Waals surface area contributed by atoms with E-state index in [4.69, 9.17) is 0 Å². The summed E-state index contributed by atoms with van der Waals surface area (Å²) < 4.78 is 43.0. The van der Waals surface area contributed by atoms with Crippen LogP contribution in [0.25, 0.3) is 0 Å². The summed E-state index contributed by atoms with van der Waals surface area (Å²) in [5, 5.41) is 0. The predicted molar refractivity (Wildman–Crippen MR) is 81.8 cm³/mol. The van der Waals surface area contributed by atoms with Crippen molar-refractivity contribution in [3.63, 3.8) is 0 Å². The van der Waals surface area contributed by atoms with Gasteiger partial charge in [0.25, 0.3) is 0 Å². The van der Waals surface area contributed by atoms with Gasteiger partial charge in [-0.3, -0.25) is 9.80 Å². The molecule has 0 unspecified atom stereocenters. The number of hydrogen-bond acceptors (Lipinski definition) is 14. The summed E-state index contributed by atoms with van der Waals surface area (Å²) in [6.07, 6.45) is -3.48. The Bertz CT molecular complexity index is 570. The van der Waals surface area contributed by atoms with Crippen LogP contribution in [0.4, 0.5) is 0 Å². The number of nitrogens with zero attached hydrogens (tertiary/aromatic N) is 2. The maximum absolute atomic E-state index is 10.7. The van der Waals surface area contributed by atoms with Crippen LogP contribution in [0.5, 0.6) is 0 Å². The molecule has 170 valence electrons. The molecule has 14 nitrogen and oxygen atoms in total. The third kappa shape index (κ3) is 46.8. The standard InChI is InChI=1S/C10H28N2O12P4.6K/c13-25(14,15)7-11(8-26(16,17)18)5-3-1-2-4-6-12(9-27(19,20)21)10-28(22,23)24;;;;;;/h1-10H2,(H2,13,14,15)(H2,16,17,18)(H2,19,20,21)(H2,22,23,24);;;;;;/q;6*+1/p-8. The molecule has 0 spiro atoms. The summed E-state index contributed by atoms with van der Waals surface area (Å²) in [5.41, 5.74) is 0. The fourth-order valence-electron chi connectivity index (χ4n) is 2.38. The molecule has 0 heterocycles. The van der Waals surface area contributed by atoms with Crippen LogP contribution in [0.15, 0.2) is 0 Å². The van der Waals surface area contributed by atoms with E-state index in [-0.39, 0.29) is 334 Å². The first kappa shape index (κ1) is 59.7. The van der Waals surface area contributed by atoms with Gasteiger partial charge in [0.15, 0.2) is 0 Å². The molecular formula is C10H20K6N2O12P4-2. The minimum atomic E-state index is -5.07. The van der Waals surface area contributed by atoms with Crippen LogP contribution in [0.3, 0.4) is 0 Å². The molecule has 0 aliphatic heterocycles. The van der Waals surface area contributed by atoms with Gasteiger partial charge in [0.1, 0.15) is 0 Å². The first-order valence-corrected chi connectivity index (χ1v) is 14.8. The molecule has 0 bridgehead atoms. The molecule has 0 aliphatic rings. The predicted octanol–water partition coefficient (Wildman–Crippen LogP) is -23.3. The summed E-state index contributed by atoms with van der Waals surface area (Å²) in [4.78, 5) is 87.4. The molecule has 0 N–H and O–H groups in total. The molecule has 0 aromatic heterocycles. The number of unbranched alkanes of at least 4 members (excludes halogenated alkanes) is 3. The molecule has 0 aliphatic carbocycles. The maximum atomic E-state index is 10.7. The Balaban J connectivity index is -0.000000243. The number of rotatable bonds is 15.